The summed E-state index contributed by atoms with van der Waals surface area (Å²) in [6.45, 7) is 3.29. The first kappa shape index (κ1) is 27.5. The smallest absolute Gasteiger partial charge is 0.206 e. The second kappa shape index (κ2) is 12.5. The predicted molar refractivity (Wildman–Crippen MR) is 155 cm³/mol. The van der Waals surface area contributed by atoms with Crippen LogP contribution >= 0.6 is 11.3 Å². The zero-order valence-corrected chi connectivity index (χ0v) is 23.4. The minimum Gasteiger partial charge on any atom is -0.508 e. The molecule has 9 heteroatoms. The Hall–Kier alpha value is -3.66. The van der Waals surface area contributed by atoms with E-state index in [9.17, 15) is 14.3 Å². The molecule has 1 atom stereocenters. The lowest BCUT2D eigenvalue weighted by Gasteiger charge is -2.37. The van der Waals surface area contributed by atoms with E-state index < -0.39 is 0 Å². The molecule has 41 heavy (non-hydrogen) atoms. The summed E-state index contributed by atoms with van der Waals surface area (Å²) in [4.78, 5) is 16.2. The van der Waals surface area contributed by atoms with Crippen LogP contribution in [-0.2, 0) is 4.74 Å². The molecule has 0 spiro atoms. The van der Waals surface area contributed by atoms with Crippen LogP contribution in [0.2, 0.25) is 0 Å². The van der Waals surface area contributed by atoms with Crippen molar-refractivity contribution in [2.24, 2.45) is 5.92 Å². The van der Waals surface area contributed by atoms with E-state index in [2.05, 4.69) is 4.90 Å². The van der Waals surface area contributed by atoms with Crippen LogP contribution in [-0.4, -0.2) is 61.6 Å². The Morgan fingerprint density at radius 2 is 1.76 bits per heavy atom. The minimum absolute atomic E-state index is 0.0947. The molecule has 2 fully saturated rings. The number of thiophene rings is 1. The standard InChI is InChI=1S/C32H32FNO6S/c33-18-21-19-34(20-21)14-16-37-24-8-10-25(11-9-24)40-31-27-13-12-26(39-29-3-1-2-15-38-29)17-28(27)41-32(31)30(36)22-4-6-23(35)7-5-22/h4-13,17,21,29,35H,1-3,14-16,18-20H2. The number of aromatic hydroxyl groups is 1. The molecule has 1 N–H and O–H groups in total. The molecule has 0 radical (unpaired) electrons. The average Bonchev–Trinajstić information content (AvgIpc) is 3.33. The quantitative estimate of drug-likeness (QED) is 0.196. The van der Waals surface area contributed by atoms with Crippen LogP contribution in [0.25, 0.3) is 10.1 Å². The predicted octanol–water partition coefficient (Wildman–Crippen LogP) is 6.82. The largest absolute Gasteiger partial charge is 0.508 e. The number of phenols is 1. The number of alkyl halides is 1. The second-order valence-corrected chi connectivity index (χ2v) is 11.5. The normalized spacial score (nSPS) is 17.7. The third kappa shape index (κ3) is 6.48. The van der Waals surface area contributed by atoms with Gasteiger partial charge in [0.2, 0.25) is 5.78 Å². The Morgan fingerprint density at radius 1 is 1.00 bits per heavy atom. The van der Waals surface area contributed by atoms with E-state index in [0.717, 1.165) is 49.0 Å². The minimum atomic E-state index is -0.270. The number of carbonyl (C=O) groups excluding carboxylic acids is 1. The van der Waals surface area contributed by atoms with Gasteiger partial charge < -0.3 is 24.1 Å². The highest BCUT2D eigenvalue weighted by atomic mass is 32.1. The molecule has 1 unspecified atom stereocenters. The van der Waals surface area contributed by atoms with Crippen molar-refractivity contribution in [3.8, 4) is 28.7 Å². The number of hydrogen-bond acceptors (Lipinski definition) is 8. The van der Waals surface area contributed by atoms with E-state index in [-0.39, 0.29) is 30.4 Å². The van der Waals surface area contributed by atoms with E-state index in [4.69, 9.17) is 18.9 Å². The molecule has 0 saturated carbocycles. The summed E-state index contributed by atoms with van der Waals surface area (Å²) < 4.78 is 37.5. The van der Waals surface area contributed by atoms with E-state index >= 15 is 0 Å². The lowest BCUT2D eigenvalue weighted by molar-refractivity contribution is -0.105. The van der Waals surface area contributed by atoms with Crippen LogP contribution in [0.1, 0.15) is 34.5 Å². The summed E-state index contributed by atoms with van der Waals surface area (Å²) >= 11 is 1.34. The molecule has 2 aliphatic rings. The molecule has 2 saturated heterocycles. The first-order chi connectivity index (χ1) is 20.1. The van der Waals surface area contributed by atoms with Gasteiger partial charge in [0, 0.05) is 47.6 Å². The topological polar surface area (TPSA) is 77.5 Å². The molecule has 3 aromatic carbocycles. The number of halogens is 1. The highest BCUT2D eigenvalue weighted by Gasteiger charge is 2.26. The summed E-state index contributed by atoms with van der Waals surface area (Å²) in [5.74, 6) is 2.49. The Labute approximate surface area is 242 Å². The summed E-state index contributed by atoms with van der Waals surface area (Å²) in [6.07, 6.45) is 2.69. The molecule has 3 heterocycles. The van der Waals surface area contributed by atoms with Crippen molar-refractivity contribution in [2.45, 2.75) is 25.6 Å². The van der Waals surface area contributed by atoms with Gasteiger partial charge in [-0.3, -0.25) is 14.1 Å². The summed E-state index contributed by atoms with van der Waals surface area (Å²) in [6, 6.07) is 19.2. The Balaban J connectivity index is 1.21. The molecule has 0 aliphatic carbocycles. The first-order valence-corrected chi connectivity index (χ1v) is 14.7. The maximum atomic E-state index is 13.6. The molecular weight excluding hydrogens is 545 g/mol. The first-order valence-electron chi connectivity index (χ1n) is 13.9. The van der Waals surface area contributed by atoms with Gasteiger partial charge in [-0.1, -0.05) is 0 Å². The van der Waals surface area contributed by atoms with Crippen molar-refractivity contribution in [2.75, 3.05) is 39.5 Å². The van der Waals surface area contributed by atoms with Gasteiger partial charge in [-0.05, 0) is 79.6 Å². The zero-order chi connectivity index (χ0) is 28.2. The van der Waals surface area contributed by atoms with Crippen molar-refractivity contribution >= 4 is 27.2 Å². The number of fused-ring (bicyclic) bond motifs is 1. The van der Waals surface area contributed by atoms with Gasteiger partial charge in [0.25, 0.3) is 0 Å². The van der Waals surface area contributed by atoms with Gasteiger partial charge in [-0.15, -0.1) is 11.3 Å². The third-order valence-electron chi connectivity index (χ3n) is 7.33. The van der Waals surface area contributed by atoms with E-state index in [1.807, 2.05) is 42.5 Å². The summed E-state index contributed by atoms with van der Waals surface area (Å²) in [7, 11) is 0. The van der Waals surface area contributed by atoms with Crippen molar-refractivity contribution in [3.63, 3.8) is 0 Å². The van der Waals surface area contributed by atoms with E-state index in [0.29, 0.717) is 46.7 Å². The number of phenolic OH excluding ortho intramolecular Hbond substituents is 1. The van der Waals surface area contributed by atoms with Crippen LogP contribution < -0.4 is 14.2 Å². The second-order valence-electron chi connectivity index (χ2n) is 10.4. The van der Waals surface area contributed by atoms with Gasteiger partial charge in [-0.2, -0.15) is 0 Å². The fourth-order valence-corrected chi connectivity index (χ4v) is 6.17. The Bertz CT molecular complexity index is 1480. The fraction of sp³-hybridized carbons (Fsp3) is 0.344. The number of nitrogens with zero attached hydrogens (tertiary/aromatic N) is 1. The highest BCUT2D eigenvalue weighted by Crippen LogP contribution is 2.43. The highest BCUT2D eigenvalue weighted by molar-refractivity contribution is 7.21. The van der Waals surface area contributed by atoms with Gasteiger partial charge in [0.15, 0.2) is 12.0 Å². The number of benzene rings is 3. The molecule has 7 nitrogen and oxygen atoms in total. The summed E-state index contributed by atoms with van der Waals surface area (Å²) in [5.41, 5.74) is 0.454. The monoisotopic (exact) mass is 577 g/mol. The van der Waals surface area contributed by atoms with Gasteiger partial charge in [0.1, 0.15) is 34.5 Å². The number of ketones is 1. The van der Waals surface area contributed by atoms with Crippen LogP contribution in [0, 0.1) is 5.92 Å². The van der Waals surface area contributed by atoms with Gasteiger partial charge in [-0.25, -0.2) is 0 Å². The number of carbonyl (C=O) groups is 1. The molecule has 4 aromatic rings. The fourth-order valence-electron chi connectivity index (χ4n) is 5.05. The van der Waals surface area contributed by atoms with Crippen molar-refractivity contribution in [3.05, 3.63) is 77.2 Å². The Kier molecular flexibility index (Phi) is 8.36. The average molecular weight is 578 g/mol. The van der Waals surface area contributed by atoms with Crippen LogP contribution in [0.3, 0.4) is 0 Å². The number of rotatable bonds is 11. The maximum Gasteiger partial charge on any atom is 0.206 e. The van der Waals surface area contributed by atoms with Crippen LogP contribution in [0.4, 0.5) is 4.39 Å². The van der Waals surface area contributed by atoms with Gasteiger partial charge >= 0.3 is 0 Å². The molecule has 214 valence electrons. The molecule has 6 rings (SSSR count). The number of likely N-dealkylation sites (tertiary alicyclic amines) is 1. The van der Waals surface area contributed by atoms with E-state index in [1.54, 1.807) is 12.1 Å². The summed E-state index contributed by atoms with van der Waals surface area (Å²) in [5, 5.41) is 10.5. The van der Waals surface area contributed by atoms with Crippen molar-refractivity contribution < 1.29 is 33.2 Å². The molecule has 0 amide bonds. The van der Waals surface area contributed by atoms with Crippen molar-refractivity contribution in [1.29, 1.82) is 0 Å². The lowest BCUT2D eigenvalue weighted by atomic mass is 10.0. The molecule has 1 aromatic heterocycles. The SMILES string of the molecule is O=C(c1ccc(O)cc1)c1sc2cc(OC3CCCCO3)ccc2c1Oc1ccc(OCCN2CC(CF)C2)cc1. The molecular formula is C32H32FNO6S. The number of ether oxygens (including phenoxy) is 4. The van der Waals surface area contributed by atoms with Crippen LogP contribution in [0.5, 0.6) is 28.7 Å². The number of hydrogen-bond donors (Lipinski definition) is 1. The van der Waals surface area contributed by atoms with E-state index in [1.165, 1.54) is 23.5 Å². The Morgan fingerprint density at radius 3 is 2.49 bits per heavy atom. The molecule has 0 bridgehead atoms. The maximum absolute atomic E-state index is 13.6. The molecule has 2 aliphatic heterocycles. The zero-order valence-electron chi connectivity index (χ0n) is 22.6. The third-order valence-corrected chi connectivity index (χ3v) is 8.46. The lowest BCUT2D eigenvalue weighted by Crippen LogP contribution is -2.49. The van der Waals surface area contributed by atoms with Gasteiger partial charge in [0.05, 0.1) is 13.3 Å². The van der Waals surface area contributed by atoms with Crippen LogP contribution in [0.15, 0.2) is 66.7 Å². The van der Waals surface area contributed by atoms with Crippen molar-refractivity contribution in [1.82, 2.24) is 4.90 Å².